The molecule has 2 heterocycles. The molecule has 6 nitrogen and oxygen atoms in total. The number of carbonyl (C=O) groups excluding carboxylic acids is 1. The smallest absolute Gasteiger partial charge is 0.335 e. The summed E-state index contributed by atoms with van der Waals surface area (Å²) in [6.07, 6.45) is 0.229. The number of aromatic nitrogens is 1. The summed E-state index contributed by atoms with van der Waals surface area (Å²) in [5.74, 6) is -1.27. The van der Waals surface area contributed by atoms with Crippen molar-refractivity contribution in [2.45, 2.75) is 6.42 Å². The Balaban J connectivity index is 2.34. The Bertz CT molecular complexity index is 506. The van der Waals surface area contributed by atoms with E-state index in [2.05, 4.69) is 4.98 Å². The van der Waals surface area contributed by atoms with Crippen LogP contribution in [0.1, 0.15) is 16.8 Å². The molecule has 1 atom stereocenters. The number of halogens is 1. The molecule has 96 valence electrons. The number of hydrogen-bond acceptors (Lipinski definition) is 4. The third-order valence-electron chi connectivity index (χ3n) is 2.77. The molecule has 0 saturated carbocycles. The van der Waals surface area contributed by atoms with E-state index in [4.69, 9.17) is 21.8 Å². The minimum Gasteiger partial charge on any atom is -0.478 e. The van der Waals surface area contributed by atoms with Crippen molar-refractivity contribution in [1.82, 2.24) is 4.98 Å². The summed E-state index contributed by atoms with van der Waals surface area (Å²) in [6, 6.07) is 2.52. The number of aliphatic hydroxyl groups is 1. The second-order valence-electron chi connectivity index (χ2n) is 4.10. The van der Waals surface area contributed by atoms with E-state index in [1.165, 1.54) is 17.0 Å². The average molecular weight is 271 g/mol. The van der Waals surface area contributed by atoms with Gasteiger partial charge in [-0.2, -0.15) is 0 Å². The van der Waals surface area contributed by atoms with Crippen LogP contribution in [0.15, 0.2) is 12.1 Å². The van der Waals surface area contributed by atoms with Crippen molar-refractivity contribution in [1.29, 1.82) is 0 Å². The fourth-order valence-corrected chi connectivity index (χ4v) is 2.07. The summed E-state index contributed by atoms with van der Waals surface area (Å²) in [4.78, 5) is 27.9. The standard InChI is InChI=1S/C11H11ClN2O4/c12-8-2-7(11(17)18)3-9(13-8)14-4-6(5-15)1-10(14)16/h2-3,6,15H,1,4-5H2,(H,17,18). The second kappa shape index (κ2) is 4.91. The Morgan fingerprint density at radius 1 is 1.56 bits per heavy atom. The summed E-state index contributed by atoms with van der Waals surface area (Å²) in [5, 5.41) is 18.0. The number of pyridine rings is 1. The maximum absolute atomic E-state index is 11.7. The Morgan fingerprint density at radius 2 is 2.28 bits per heavy atom. The lowest BCUT2D eigenvalue weighted by Gasteiger charge is -2.15. The molecule has 1 aliphatic heterocycles. The summed E-state index contributed by atoms with van der Waals surface area (Å²) in [7, 11) is 0. The predicted octanol–water partition coefficient (Wildman–Crippen LogP) is 0.778. The van der Waals surface area contributed by atoms with Crippen LogP contribution in [0.5, 0.6) is 0 Å². The molecule has 2 rings (SSSR count). The molecule has 0 aliphatic carbocycles. The Morgan fingerprint density at radius 3 is 2.83 bits per heavy atom. The average Bonchev–Trinajstić information content (AvgIpc) is 2.69. The molecular weight excluding hydrogens is 260 g/mol. The van der Waals surface area contributed by atoms with Crippen molar-refractivity contribution in [2.75, 3.05) is 18.1 Å². The zero-order valence-electron chi connectivity index (χ0n) is 9.34. The number of rotatable bonds is 3. The van der Waals surface area contributed by atoms with Crippen molar-refractivity contribution < 1.29 is 19.8 Å². The first kappa shape index (κ1) is 12.8. The van der Waals surface area contributed by atoms with E-state index in [1.54, 1.807) is 0 Å². The third-order valence-corrected chi connectivity index (χ3v) is 2.96. The van der Waals surface area contributed by atoms with Gasteiger partial charge >= 0.3 is 5.97 Å². The number of carbonyl (C=O) groups is 2. The maximum Gasteiger partial charge on any atom is 0.335 e. The normalized spacial score (nSPS) is 19.3. The molecule has 7 heteroatoms. The first-order valence-electron chi connectivity index (χ1n) is 5.33. The zero-order chi connectivity index (χ0) is 13.3. The first-order chi connectivity index (χ1) is 8.51. The van der Waals surface area contributed by atoms with Gasteiger partial charge in [-0.15, -0.1) is 0 Å². The van der Waals surface area contributed by atoms with E-state index >= 15 is 0 Å². The third kappa shape index (κ3) is 2.44. The summed E-state index contributed by atoms with van der Waals surface area (Å²) < 4.78 is 0. The number of anilines is 1. The van der Waals surface area contributed by atoms with E-state index in [9.17, 15) is 9.59 Å². The minimum absolute atomic E-state index is 0.0187. The molecule has 1 aliphatic rings. The van der Waals surface area contributed by atoms with Gasteiger partial charge in [0.05, 0.1) is 5.56 Å². The van der Waals surface area contributed by atoms with Crippen LogP contribution in [0.2, 0.25) is 5.15 Å². The second-order valence-corrected chi connectivity index (χ2v) is 4.49. The Hall–Kier alpha value is -1.66. The highest BCUT2D eigenvalue weighted by Crippen LogP contribution is 2.25. The summed E-state index contributed by atoms with van der Waals surface area (Å²) >= 11 is 5.73. The number of amides is 1. The fraction of sp³-hybridized carbons (Fsp3) is 0.364. The van der Waals surface area contributed by atoms with Crippen LogP contribution in [0.3, 0.4) is 0 Å². The lowest BCUT2D eigenvalue weighted by molar-refractivity contribution is -0.117. The quantitative estimate of drug-likeness (QED) is 0.792. The van der Waals surface area contributed by atoms with Gasteiger partial charge in [-0.05, 0) is 12.1 Å². The maximum atomic E-state index is 11.7. The summed E-state index contributed by atoms with van der Waals surface area (Å²) in [6.45, 7) is 0.232. The van der Waals surface area contributed by atoms with Gasteiger partial charge in [0.15, 0.2) is 0 Å². The molecule has 2 N–H and O–H groups in total. The molecule has 1 amide bonds. The molecule has 0 aromatic carbocycles. The van der Waals surface area contributed by atoms with E-state index in [-0.39, 0.29) is 41.4 Å². The van der Waals surface area contributed by atoms with Crippen LogP contribution in [0.25, 0.3) is 0 Å². The number of carboxylic acids is 1. The van der Waals surface area contributed by atoms with Crippen LogP contribution in [0, 0.1) is 5.92 Å². The first-order valence-corrected chi connectivity index (χ1v) is 5.71. The van der Waals surface area contributed by atoms with Crippen LogP contribution < -0.4 is 4.90 Å². The SMILES string of the molecule is O=C(O)c1cc(Cl)nc(N2CC(CO)CC2=O)c1. The zero-order valence-corrected chi connectivity index (χ0v) is 10.1. The van der Waals surface area contributed by atoms with Crippen molar-refractivity contribution in [3.63, 3.8) is 0 Å². The van der Waals surface area contributed by atoms with Gasteiger partial charge in [-0.3, -0.25) is 9.69 Å². The molecule has 0 spiro atoms. The molecule has 1 aromatic rings. The Labute approximate surface area is 108 Å². The monoisotopic (exact) mass is 270 g/mol. The van der Waals surface area contributed by atoms with E-state index in [1.807, 2.05) is 0 Å². The van der Waals surface area contributed by atoms with Gasteiger partial charge in [0, 0.05) is 25.5 Å². The largest absolute Gasteiger partial charge is 0.478 e. The lowest BCUT2D eigenvalue weighted by Crippen LogP contribution is -2.26. The highest BCUT2D eigenvalue weighted by molar-refractivity contribution is 6.29. The fourth-order valence-electron chi connectivity index (χ4n) is 1.87. The van der Waals surface area contributed by atoms with Gasteiger partial charge in [0.2, 0.25) is 5.91 Å². The lowest BCUT2D eigenvalue weighted by atomic mass is 10.1. The van der Waals surface area contributed by atoms with Gasteiger partial charge in [0.25, 0.3) is 0 Å². The van der Waals surface area contributed by atoms with E-state index in [0.29, 0.717) is 6.54 Å². The van der Waals surface area contributed by atoms with Gasteiger partial charge in [-0.25, -0.2) is 9.78 Å². The van der Waals surface area contributed by atoms with E-state index < -0.39 is 5.97 Å². The highest BCUT2D eigenvalue weighted by atomic mass is 35.5. The minimum atomic E-state index is -1.13. The molecule has 1 fully saturated rings. The number of nitrogens with zero attached hydrogens (tertiary/aromatic N) is 2. The number of aromatic carboxylic acids is 1. The molecule has 0 bridgehead atoms. The van der Waals surface area contributed by atoms with Crippen LogP contribution in [0.4, 0.5) is 5.82 Å². The van der Waals surface area contributed by atoms with Crippen LogP contribution in [-0.4, -0.2) is 40.2 Å². The van der Waals surface area contributed by atoms with Crippen molar-refractivity contribution in [3.8, 4) is 0 Å². The van der Waals surface area contributed by atoms with Crippen molar-refractivity contribution in [3.05, 3.63) is 22.8 Å². The van der Waals surface area contributed by atoms with E-state index in [0.717, 1.165) is 0 Å². The Kier molecular flexibility index (Phi) is 3.49. The number of hydrogen-bond donors (Lipinski definition) is 2. The molecule has 1 aromatic heterocycles. The molecule has 18 heavy (non-hydrogen) atoms. The summed E-state index contributed by atoms with van der Waals surface area (Å²) in [5.41, 5.74) is -0.0229. The van der Waals surface area contributed by atoms with Crippen molar-refractivity contribution in [2.24, 2.45) is 5.92 Å². The van der Waals surface area contributed by atoms with Crippen molar-refractivity contribution >= 4 is 29.3 Å². The predicted molar refractivity (Wildman–Crippen MR) is 63.8 cm³/mol. The molecular formula is C11H11ClN2O4. The molecule has 0 radical (unpaired) electrons. The number of carboxylic acid groups (broad SMARTS) is 1. The highest BCUT2D eigenvalue weighted by Gasteiger charge is 2.31. The molecule has 1 saturated heterocycles. The topological polar surface area (TPSA) is 90.7 Å². The van der Waals surface area contributed by atoms with Crippen LogP contribution >= 0.6 is 11.6 Å². The van der Waals surface area contributed by atoms with Gasteiger partial charge in [-0.1, -0.05) is 11.6 Å². The molecule has 1 unspecified atom stereocenters. The van der Waals surface area contributed by atoms with Gasteiger partial charge in [0.1, 0.15) is 11.0 Å². The van der Waals surface area contributed by atoms with Crippen LogP contribution in [-0.2, 0) is 4.79 Å². The number of aliphatic hydroxyl groups excluding tert-OH is 1. The van der Waals surface area contributed by atoms with Gasteiger partial charge < -0.3 is 10.2 Å².